The highest BCUT2D eigenvalue weighted by Gasteiger charge is 2.23. The van der Waals surface area contributed by atoms with E-state index in [1.165, 1.54) is 0 Å². The summed E-state index contributed by atoms with van der Waals surface area (Å²) < 4.78 is 1.80. The molecule has 6 heteroatoms. The Morgan fingerprint density at radius 2 is 2.17 bits per heavy atom. The van der Waals surface area contributed by atoms with E-state index in [2.05, 4.69) is 24.3 Å². The molecule has 1 aromatic carbocycles. The molecule has 23 heavy (non-hydrogen) atoms. The predicted molar refractivity (Wildman–Crippen MR) is 93.6 cm³/mol. The van der Waals surface area contributed by atoms with Gasteiger partial charge in [0.05, 0.1) is 23.1 Å². The number of hydrogen-bond acceptors (Lipinski definition) is 3. The summed E-state index contributed by atoms with van der Waals surface area (Å²) in [7, 11) is 3.68. The molecule has 0 saturated carbocycles. The average molecular weight is 335 g/mol. The van der Waals surface area contributed by atoms with Crippen LogP contribution in [0.5, 0.6) is 0 Å². The number of halogens is 1. The monoisotopic (exact) mass is 334 g/mol. The zero-order valence-electron chi connectivity index (χ0n) is 14.0. The first kappa shape index (κ1) is 17.5. The third-order valence-corrected chi connectivity index (χ3v) is 3.92. The summed E-state index contributed by atoms with van der Waals surface area (Å²) >= 11 is 6.08. The first-order valence-corrected chi connectivity index (χ1v) is 8.07. The van der Waals surface area contributed by atoms with Crippen LogP contribution in [0.15, 0.2) is 30.5 Å². The van der Waals surface area contributed by atoms with Crippen LogP contribution in [0.2, 0.25) is 5.02 Å². The lowest BCUT2D eigenvalue weighted by Gasteiger charge is -2.18. The first-order chi connectivity index (χ1) is 11.0. The Labute approximate surface area is 142 Å². The van der Waals surface area contributed by atoms with Gasteiger partial charge in [0.2, 0.25) is 0 Å². The number of benzene rings is 1. The Balaban J connectivity index is 2.41. The van der Waals surface area contributed by atoms with Crippen LogP contribution in [0.3, 0.4) is 0 Å². The van der Waals surface area contributed by atoms with Crippen LogP contribution in [-0.4, -0.2) is 47.8 Å². The minimum Gasteiger partial charge on any atom is -0.340 e. The van der Waals surface area contributed by atoms with Crippen molar-refractivity contribution in [3.05, 3.63) is 46.7 Å². The third-order valence-electron chi connectivity index (χ3n) is 3.68. The topological polar surface area (TPSA) is 50.2 Å². The van der Waals surface area contributed by atoms with Gasteiger partial charge in [-0.05, 0) is 31.2 Å². The van der Waals surface area contributed by atoms with Gasteiger partial charge in [0.15, 0.2) is 0 Å². The lowest BCUT2D eigenvalue weighted by atomic mass is 10.0. The molecule has 0 saturated heterocycles. The summed E-state index contributed by atoms with van der Waals surface area (Å²) in [5.41, 5.74) is 2.39. The van der Waals surface area contributed by atoms with E-state index < -0.39 is 0 Å². The molecule has 1 aromatic heterocycles. The predicted octanol–water partition coefficient (Wildman–Crippen LogP) is 2.94. The second-order valence-corrected chi connectivity index (χ2v) is 6.26. The van der Waals surface area contributed by atoms with Crippen LogP contribution in [0.4, 0.5) is 0 Å². The van der Waals surface area contributed by atoms with Gasteiger partial charge in [-0.3, -0.25) is 4.79 Å². The molecule has 0 aliphatic heterocycles. The number of rotatable bonds is 6. The van der Waals surface area contributed by atoms with E-state index in [9.17, 15) is 4.79 Å². The van der Waals surface area contributed by atoms with Crippen molar-refractivity contribution in [1.82, 2.24) is 20.0 Å². The molecule has 0 spiro atoms. The maximum absolute atomic E-state index is 12.7. The number of hydrogen-bond donors (Lipinski definition) is 1. The van der Waals surface area contributed by atoms with Gasteiger partial charge < -0.3 is 10.2 Å². The van der Waals surface area contributed by atoms with Gasteiger partial charge in [0, 0.05) is 25.2 Å². The van der Waals surface area contributed by atoms with Crippen molar-refractivity contribution in [1.29, 1.82) is 0 Å². The fraction of sp³-hybridized carbons (Fsp3) is 0.412. The fourth-order valence-electron chi connectivity index (χ4n) is 2.48. The smallest absolute Gasteiger partial charge is 0.257 e. The maximum atomic E-state index is 12.7. The Morgan fingerprint density at radius 1 is 1.43 bits per heavy atom. The SMILES string of the molecule is CNCCN(C)C(=O)c1cnn(-c2cccc(Cl)c2)c1C(C)C. The molecule has 0 radical (unpaired) electrons. The van der Waals surface area contributed by atoms with E-state index in [1.54, 1.807) is 22.8 Å². The highest BCUT2D eigenvalue weighted by molar-refractivity contribution is 6.30. The highest BCUT2D eigenvalue weighted by atomic mass is 35.5. The molecule has 0 aliphatic carbocycles. The van der Waals surface area contributed by atoms with Crippen LogP contribution >= 0.6 is 11.6 Å². The van der Waals surface area contributed by atoms with Gasteiger partial charge in [-0.1, -0.05) is 31.5 Å². The maximum Gasteiger partial charge on any atom is 0.257 e. The molecule has 124 valence electrons. The Kier molecular flexibility index (Phi) is 5.80. The zero-order valence-corrected chi connectivity index (χ0v) is 14.8. The number of amides is 1. The molecule has 1 N–H and O–H groups in total. The van der Waals surface area contributed by atoms with E-state index in [0.717, 1.165) is 17.9 Å². The van der Waals surface area contributed by atoms with Crippen LogP contribution in [-0.2, 0) is 0 Å². The van der Waals surface area contributed by atoms with Crippen molar-refractivity contribution in [2.24, 2.45) is 0 Å². The Hall–Kier alpha value is -1.85. The van der Waals surface area contributed by atoms with Crippen LogP contribution in [0.25, 0.3) is 5.69 Å². The largest absolute Gasteiger partial charge is 0.340 e. The van der Waals surface area contributed by atoms with Crippen molar-refractivity contribution < 1.29 is 4.79 Å². The van der Waals surface area contributed by atoms with Crippen molar-refractivity contribution >= 4 is 17.5 Å². The van der Waals surface area contributed by atoms with Crippen LogP contribution in [0, 0.1) is 0 Å². The molecule has 0 bridgehead atoms. The lowest BCUT2D eigenvalue weighted by Crippen LogP contribution is -2.33. The van der Waals surface area contributed by atoms with Gasteiger partial charge in [0.25, 0.3) is 5.91 Å². The summed E-state index contributed by atoms with van der Waals surface area (Å²) in [5.74, 6) is 0.144. The molecule has 1 amide bonds. The van der Waals surface area contributed by atoms with Crippen molar-refractivity contribution in [2.75, 3.05) is 27.2 Å². The van der Waals surface area contributed by atoms with Crippen molar-refractivity contribution in [3.63, 3.8) is 0 Å². The summed E-state index contributed by atoms with van der Waals surface area (Å²) in [5, 5.41) is 8.12. The van der Waals surface area contributed by atoms with Crippen LogP contribution < -0.4 is 5.32 Å². The molecule has 1 heterocycles. The molecule has 0 unspecified atom stereocenters. The summed E-state index contributed by atoms with van der Waals surface area (Å²) in [6, 6.07) is 7.48. The molecule has 5 nitrogen and oxygen atoms in total. The molecular weight excluding hydrogens is 312 g/mol. The van der Waals surface area contributed by atoms with Crippen LogP contribution in [0.1, 0.15) is 35.8 Å². The fourth-order valence-corrected chi connectivity index (χ4v) is 2.66. The molecule has 2 rings (SSSR count). The molecule has 0 atom stereocenters. The quantitative estimate of drug-likeness (QED) is 0.883. The van der Waals surface area contributed by atoms with Gasteiger partial charge in [0.1, 0.15) is 0 Å². The van der Waals surface area contributed by atoms with E-state index in [-0.39, 0.29) is 11.8 Å². The Bertz CT molecular complexity index is 681. The van der Waals surface area contributed by atoms with Gasteiger partial charge in [-0.15, -0.1) is 0 Å². The summed E-state index contributed by atoms with van der Waals surface area (Å²) in [6.07, 6.45) is 1.65. The van der Waals surface area contributed by atoms with Gasteiger partial charge >= 0.3 is 0 Å². The number of nitrogens with one attached hydrogen (secondary N) is 1. The first-order valence-electron chi connectivity index (χ1n) is 7.69. The van der Waals surface area contributed by atoms with Gasteiger partial charge in [-0.2, -0.15) is 5.10 Å². The van der Waals surface area contributed by atoms with E-state index in [0.29, 0.717) is 17.1 Å². The molecular formula is C17H23ClN4O. The second-order valence-electron chi connectivity index (χ2n) is 5.82. The number of nitrogens with zero attached hydrogens (tertiary/aromatic N) is 3. The molecule has 0 fully saturated rings. The third kappa shape index (κ3) is 3.92. The molecule has 0 aliphatic rings. The summed E-state index contributed by atoms with van der Waals surface area (Å²) in [4.78, 5) is 14.4. The van der Waals surface area contributed by atoms with E-state index >= 15 is 0 Å². The minimum absolute atomic E-state index is 0.0165. The zero-order chi connectivity index (χ0) is 17.0. The second kappa shape index (κ2) is 7.62. The van der Waals surface area contributed by atoms with E-state index in [1.807, 2.05) is 31.3 Å². The van der Waals surface area contributed by atoms with E-state index in [4.69, 9.17) is 11.6 Å². The number of likely N-dealkylation sites (N-methyl/N-ethyl adjacent to an activating group) is 2. The highest BCUT2D eigenvalue weighted by Crippen LogP contribution is 2.25. The average Bonchev–Trinajstić information content (AvgIpc) is 2.97. The summed E-state index contributed by atoms with van der Waals surface area (Å²) in [6.45, 7) is 5.52. The van der Waals surface area contributed by atoms with Gasteiger partial charge in [-0.25, -0.2) is 4.68 Å². The number of carbonyl (C=O) groups excluding carboxylic acids is 1. The Morgan fingerprint density at radius 3 is 2.78 bits per heavy atom. The van der Waals surface area contributed by atoms with Crippen molar-refractivity contribution in [3.8, 4) is 5.69 Å². The normalized spacial score (nSPS) is 11.0. The number of carbonyl (C=O) groups is 1. The minimum atomic E-state index is -0.0165. The molecule has 2 aromatic rings. The lowest BCUT2D eigenvalue weighted by molar-refractivity contribution is 0.0795. The number of aromatic nitrogens is 2. The standard InChI is InChI=1S/C17H23ClN4O/c1-12(2)16-15(17(23)21(4)9-8-19-3)11-20-22(16)14-7-5-6-13(18)10-14/h5-7,10-12,19H,8-9H2,1-4H3. The van der Waals surface area contributed by atoms with Crippen molar-refractivity contribution in [2.45, 2.75) is 19.8 Å².